The number of hydrogen-bond acceptors (Lipinski definition) is 3. The number of nitrogens with zero attached hydrogens (tertiary/aromatic N) is 3. The van der Waals surface area contributed by atoms with Crippen LogP contribution >= 0.6 is 0 Å². The summed E-state index contributed by atoms with van der Waals surface area (Å²) in [7, 11) is 1.38. The molecular formula is C16H17F2N3O2. The Hall–Kier alpha value is -2.28. The highest BCUT2D eigenvalue weighted by atomic mass is 19.3. The lowest BCUT2D eigenvalue weighted by atomic mass is 9.93. The van der Waals surface area contributed by atoms with Crippen molar-refractivity contribution in [3.63, 3.8) is 0 Å². The minimum absolute atomic E-state index is 0.0272. The fraction of sp³-hybridized carbons (Fsp3) is 0.375. The van der Waals surface area contributed by atoms with Gasteiger partial charge in [0.1, 0.15) is 5.69 Å². The van der Waals surface area contributed by atoms with E-state index in [1.807, 2.05) is 24.3 Å². The van der Waals surface area contributed by atoms with Crippen molar-refractivity contribution in [1.29, 1.82) is 0 Å². The summed E-state index contributed by atoms with van der Waals surface area (Å²) in [4.78, 5) is 14.2. The van der Waals surface area contributed by atoms with E-state index in [1.165, 1.54) is 11.9 Å². The molecule has 2 aromatic rings. The number of halogens is 2. The maximum atomic E-state index is 12.9. The van der Waals surface area contributed by atoms with Crippen molar-refractivity contribution in [3.8, 4) is 0 Å². The molecule has 0 saturated carbocycles. The topological polar surface area (TPSA) is 58.4 Å². The van der Waals surface area contributed by atoms with Gasteiger partial charge in [-0.2, -0.15) is 5.10 Å². The monoisotopic (exact) mass is 321 g/mol. The SMILES string of the molecule is Cn1nc(C(=O)N2CCc3ccccc3C2CO)cc1C(F)F. The average Bonchev–Trinajstić information content (AvgIpc) is 2.95. The Kier molecular flexibility index (Phi) is 4.12. The number of benzene rings is 1. The van der Waals surface area contributed by atoms with E-state index < -0.39 is 18.4 Å². The van der Waals surface area contributed by atoms with Gasteiger partial charge in [0.05, 0.1) is 12.6 Å². The average molecular weight is 321 g/mol. The minimum atomic E-state index is -2.69. The van der Waals surface area contributed by atoms with E-state index in [-0.39, 0.29) is 18.0 Å². The standard InChI is InChI=1S/C16H17F2N3O2/c1-20-13(15(17)18)8-12(19-20)16(23)21-7-6-10-4-2-3-5-11(10)14(21)9-22/h2-5,8,14-15,22H,6-7,9H2,1H3. The quantitative estimate of drug-likeness (QED) is 0.942. The van der Waals surface area contributed by atoms with E-state index in [2.05, 4.69) is 5.10 Å². The molecule has 0 bridgehead atoms. The third kappa shape index (κ3) is 2.72. The summed E-state index contributed by atoms with van der Waals surface area (Å²) >= 11 is 0. The second-order valence-electron chi connectivity index (χ2n) is 5.52. The van der Waals surface area contributed by atoms with Crippen LogP contribution in [-0.4, -0.2) is 38.8 Å². The molecule has 122 valence electrons. The van der Waals surface area contributed by atoms with Gasteiger partial charge < -0.3 is 10.0 Å². The number of fused-ring (bicyclic) bond motifs is 1. The van der Waals surface area contributed by atoms with Crippen LogP contribution in [-0.2, 0) is 13.5 Å². The number of aromatic nitrogens is 2. The molecule has 7 heteroatoms. The third-order valence-electron chi connectivity index (χ3n) is 4.20. The van der Waals surface area contributed by atoms with E-state index in [0.717, 1.165) is 21.9 Å². The number of aliphatic hydroxyl groups is 1. The van der Waals surface area contributed by atoms with E-state index in [0.29, 0.717) is 13.0 Å². The Bertz CT molecular complexity index is 730. The molecule has 1 aliphatic rings. The highest BCUT2D eigenvalue weighted by molar-refractivity contribution is 5.93. The lowest BCUT2D eigenvalue weighted by Gasteiger charge is -2.36. The predicted molar refractivity (Wildman–Crippen MR) is 79.2 cm³/mol. The largest absolute Gasteiger partial charge is 0.394 e. The van der Waals surface area contributed by atoms with Crippen LogP contribution < -0.4 is 0 Å². The van der Waals surface area contributed by atoms with Crippen LogP contribution in [0.25, 0.3) is 0 Å². The van der Waals surface area contributed by atoms with Crippen molar-refractivity contribution in [1.82, 2.24) is 14.7 Å². The van der Waals surface area contributed by atoms with E-state index in [9.17, 15) is 18.7 Å². The predicted octanol–water partition coefficient (Wildman–Crippen LogP) is 2.09. The maximum absolute atomic E-state index is 12.9. The number of carbonyl (C=O) groups is 1. The van der Waals surface area contributed by atoms with Crippen LogP contribution in [0.2, 0.25) is 0 Å². The number of amides is 1. The molecule has 23 heavy (non-hydrogen) atoms. The van der Waals surface area contributed by atoms with Gasteiger partial charge in [-0.3, -0.25) is 9.48 Å². The summed E-state index contributed by atoms with van der Waals surface area (Å²) in [5, 5.41) is 13.6. The van der Waals surface area contributed by atoms with E-state index >= 15 is 0 Å². The fourth-order valence-electron chi connectivity index (χ4n) is 3.03. The molecule has 0 radical (unpaired) electrons. The van der Waals surface area contributed by atoms with Crippen molar-refractivity contribution in [2.45, 2.75) is 18.9 Å². The zero-order valence-corrected chi connectivity index (χ0v) is 12.6. The van der Waals surface area contributed by atoms with Crippen molar-refractivity contribution in [2.24, 2.45) is 7.05 Å². The van der Waals surface area contributed by atoms with Crippen LogP contribution in [0.1, 0.15) is 39.8 Å². The number of hydrogen-bond donors (Lipinski definition) is 1. The number of aryl methyl sites for hydroxylation is 1. The van der Waals surface area contributed by atoms with Crippen molar-refractivity contribution >= 4 is 5.91 Å². The Labute approximate surface area is 132 Å². The van der Waals surface area contributed by atoms with Gasteiger partial charge in [0, 0.05) is 13.6 Å². The molecular weight excluding hydrogens is 304 g/mol. The highest BCUT2D eigenvalue weighted by Gasteiger charge is 2.32. The van der Waals surface area contributed by atoms with Gasteiger partial charge >= 0.3 is 0 Å². The Morgan fingerprint density at radius 2 is 2.17 bits per heavy atom. The summed E-state index contributed by atoms with van der Waals surface area (Å²) < 4.78 is 26.7. The van der Waals surface area contributed by atoms with E-state index in [4.69, 9.17) is 0 Å². The molecule has 1 aromatic carbocycles. The molecule has 1 atom stereocenters. The highest BCUT2D eigenvalue weighted by Crippen LogP contribution is 2.30. The van der Waals surface area contributed by atoms with Crippen LogP contribution in [0, 0.1) is 0 Å². The fourth-order valence-corrected chi connectivity index (χ4v) is 3.03. The molecule has 3 rings (SSSR count). The van der Waals surface area contributed by atoms with Gasteiger partial charge in [-0.15, -0.1) is 0 Å². The van der Waals surface area contributed by atoms with Gasteiger partial charge in [0.2, 0.25) is 0 Å². The van der Waals surface area contributed by atoms with Crippen molar-refractivity contribution < 1.29 is 18.7 Å². The first-order valence-electron chi connectivity index (χ1n) is 7.34. The molecule has 1 aliphatic heterocycles. The van der Waals surface area contributed by atoms with Gasteiger partial charge in [-0.25, -0.2) is 8.78 Å². The first kappa shape index (κ1) is 15.6. The maximum Gasteiger partial charge on any atom is 0.280 e. The summed E-state index contributed by atoms with van der Waals surface area (Å²) in [6, 6.07) is 8.24. The Morgan fingerprint density at radius 1 is 1.43 bits per heavy atom. The molecule has 5 nitrogen and oxygen atoms in total. The van der Waals surface area contributed by atoms with Gasteiger partial charge in [0.15, 0.2) is 5.69 Å². The lowest BCUT2D eigenvalue weighted by Crippen LogP contribution is -2.41. The molecule has 1 amide bonds. The van der Waals surface area contributed by atoms with Crippen LogP contribution in [0.5, 0.6) is 0 Å². The Morgan fingerprint density at radius 3 is 2.83 bits per heavy atom. The minimum Gasteiger partial charge on any atom is -0.394 e. The Balaban J connectivity index is 1.92. The molecule has 2 heterocycles. The number of aliphatic hydroxyl groups excluding tert-OH is 1. The van der Waals surface area contributed by atoms with Gasteiger partial charge in [-0.1, -0.05) is 24.3 Å². The summed E-state index contributed by atoms with van der Waals surface area (Å²) in [5.41, 5.74) is 1.65. The molecule has 1 aromatic heterocycles. The van der Waals surface area contributed by atoms with Crippen molar-refractivity contribution in [2.75, 3.05) is 13.2 Å². The van der Waals surface area contributed by atoms with Crippen LogP contribution in [0.3, 0.4) is 0 Å². The normalized spacial score (nSPS) is 17.4. The molecule has 1 N–H and O–H groups in total. The summed E-state index contributed by atoms with van der Waals surface area (Å²) in [6.45, 7) is 0.193. The van der Waals surface area contributed by atoms with Crippen LogP contribution in [0.15, 0.2) is 30.3 Å². The number of carbonyl (C=O) groups excluding carboxylic acids is 1. The third-order valence-corrected chi connectivity index (χ3v) is 4.20. The lowest BCUT2D eigenvalue weighted by molar-refractivity contribution is 0.0562. The van der Waals surface area contributed by atoms with Crippen LogP contribution in [0.4, 0.5) is 8.78 Å². The smallest absolute Gasteiger partial charge is 0.280 e. The summed E-state index contributed by atoms with van der Waals surface area (Å²) in [5.74, 6) is -0.443. The first-order chi connectivity index (χ1) is 11.0. The molecule has 0 aliphatic carbocycles. The molecule has 0 fully saturated rings. The number of rotatable bonds is 3. The number of alkyl halides is 2. The second-order valence-corrected chi connectivity index (χ2v) is 5.52. The first-order valence-corrected chi connectivity index (χ1v) is 7.34. The second kappa shape index (κ2) is 6.08. The molecule has 0 spiro atoms. The van der Waals surface area contributed by atoms with Crippen molar-refractivity contribution in [3.05, 3.63) is 52.8 Å². The summed E-state index contributed by atoms with van der Waals surface area (Å²) in [6.07, 6.45) is -2.03. The zero-order valence-electron chi connectivity index (χ0n) is 12.6. The molecule has 1 unspecified atom stereocenters. The molecule has 0 saturated heterocycles. The zero-order chi connectivity index (χ0) is 16.6. The van der Waals surface area contributed by atoms with Gasteiger partial charge in [0.25, 0.3) is 12.3 Å². The van der Waals surface area contributed by atoms with E-state index in [1.54, 1.807) is 0 Å². The van der Waals surface area contributed by atoms with Gasteiger partial charge in [-0.05, 0) is 23.6 Å².